The van der Waals surface area contributed by atoms with Crippen LogP contribution in [-0.2, 0) is 4.74 Å². The Morgan fingerprint density at radius 1 is 1.40 bits per heavy atom. The molecular weight excluding hydrogens is 431 g/mol. The molecule has 1 heterocycles. The average molecular weight is 453 g/mol. The highest BCUT2D eigenvalue weighted by Gasteiger charge is 2.49. The van der Waals surface area contributed by atoms with E-state index in [1.165, 1.54) is 9.13 Å². The molecule has 0 radical (unpaired) electrons. The third-order valence-corrected chi connectivity index (χ3v) is 5.49. The molecule has 0 spiro atoms. The number of hydrogen-bond donors (Lipinski definition) is 2. The summed E-state index contributed by atoms with van der Waals surface area (Å²) in [6.07, 6.45) is 0.984. The number of halogens is 2. The molecule has 1 aromatic carbocycles. The monoisotopic (exact) mass is 452 g/mol. The third kappa shape index (κ3) is 3.38. The Hall–Kier alpha value is 0.310. The zero-order valence-corrected chi connectivity index (χ0v) is 16.1. The molecule has 0 saturated carbocycles. The highest BCUT2D eigenvalue weighted by Crippen LogP contribution is 2.48. The first-order valence-electron chi connectivity index (χ1n) is 6.77. The lowest BCUT2D eigenvalue weighted by Gasteiger charge is -2.33. The van der Waals surface area contributed by atoms with Crippen LogP contribution in [0.5, 0.6) is 0 Å². The van der Waals surface area contributed by atoms with Crippen LogP contribution in [0.4, 0.5) is 0 Å². The Labute approximate surface area is 143 Å². The van der Waals surface area contributed by atoms with Gasteiger partial charge in [-0.3, -0.25) is 11.3 Å². The highest BCUT2D eigenvalue weighted by atomic mass is 127. The number of ether oxygens (including phenoxy) is 1. The maximum absolute atomic E-state index is 6.21. The number of rotatable bonds is 3. The quantitative estimate of drug-likeness (QED) is 0.411. The van der Waals surface area contributed by atoms with Crippen LogP contribution in [0, 0.1) is 9.49 Å². The molecule has 0 aromatic heterocycles. The van der Waals surface area contributed by atoms with E-state index in [2.05, 4.69) is 89.8 Å². The molecule has 1 aromatic rings. The lowest BCUT2D eigenvalue weighted by molar-refractivity contribution is -0.0779. The molecular formula is C15H22BrIN2O. The Morgan fingerprint density at radius 2 is 2.05 bits per heavy atom. The molecule has 2 unspecified atom stereocenters. The van der Waals surface area contributed by atoms with Gasteiger partial charge >= 0.3 is 0 Å². The van der Waals surface area contributed by atoms with Crippen LogP contribution in [-0.4, -0.2) is 11.2 Å². The second kappa shape index (κ2) is 5.83. The van der Waals surface area contributed by atoms with E-state index in [1.807, 2.05) is 0 Å². The lowest BCUT2D eigenvalue weighted by Crippen LogP contribution is -2.41. The molecule has 5 heteroatoms. The minimum Gasteiger partial charge on any atom is -0.369 e. The standard InChI is InChI=1S/C15H22BrIN2O/c1-14(2)8-11(15(3,4)20-14)13(19-18)10-7-9(16)5-6-12(10)17/h5-7,11,13,19H,8,18H2,1-4H3. The van der Waals surface area contributed by atoms with Crippen molar-refractivity contribution in [3.8, 4) is 0 Å². The number of hydrogen-bond acceptors (Lipinski definition) is 3. The maximum Gasteiger partial charge on any atom is 0.0681 e. The summed E-state index contributed by atoms with van der Waals surface area (Å²) >= 11 is 5.92. The molecule has 1 aliphatic rings. The van der Waals surface area contributed by atoms with Crippen molar-refractivity contribution in [2.24, 2.45) is 11.8 Å². The van der Waals surface area contributed by atoms with E-state index < -0.39 is 0 Å². The van der Waals surface area contributed by atoms with Gasteiger partial charge in [0.1, 0.15) is 0 Å². The summed E-state index contributed by atoms with van der Waals surface area (Å²) < 4.78 is 8.50. The van der Waals surface area contributed by atoms with Crippen molar-refractivity contribution in [2.75, 3.05) is 0 Å². The van der Waals surface area contributed by atoms with Gasteiger partial charge in [0.15, 0.2) is 0 Å². The fourth-order valence-electron chi connectivity index (χ4n) is 3.30. The average Bonchev–Trinajstić information content (AvgIpc) is 2.53. The zero-order valence-electron chi connectivity index (χ0n) is 12.3. The van der Waals surface area contributed by atoms with Gasteiger partial charge in [-0.1, -0.05) is 15.9 Å². The van der Waals surface area contributed by atoms with E-state index in [9.17, 15) is 0 Å². The van der Waals surface area contributed by atoms with Gasteiger partial charge in [-0.15, -0.1) is 0 Å². The number of benzene rings is 1. The van der Waals surface area contributed by atoms with Crippen molar-refractivity contribution in [1.82, 2.24) is 5.43 Å². The predicted molar refractivity (Wildman–Crippen MR) is 94.3 cm³/mol. The second-order valence-corrected chi connectivity index (χ2v) is 8.66. The minimum atomic E-state index is -0.202. The van der Waals surface area contributed by atoms with Crippen LogP contribution in [0.1, 0.15) is 45.7 Å². The third-order valence-electron chi connectivity index (χ3n) is 4.02. The van der Waals surface area contributed by atoms with Crippen molar-refractivity contribution < 1.29 is 4.74 Å². The smallest absolute Gasteiger partial charge is 0.0681 e. The molecule has 0 amide bonds. The largest absolute Gasteiger partial charge is 0.369 e. The van der Waals surface area contributed by atoms with Crippen LogP contribution < -0.4 is 11.3 Å². The molecule has 20 heavy (non-hydrogen) atoms. The Balaban J connectivity index is 2.40. The van der Waals surface area contributed by atoms with E-state index >= 15 is 0 Å². The maximum atomic E-state index is 6.21. The number of nitrogens with one attached hydrogen (secondary N) is 1. The van der Waals surface area contributed by atoms with Crippen LogP contribution in [0.3, 0.4) is 0 Å². The highest BCUT2D eigenvalue weighted by molar-refractivity contribution is 14.1. The fourth-order valence-corrected chi connectivity index (χ4v) is 4.35. The van der Waals surface area contributed by atoms with Crippen molar-refractivity contribution in [2.45, 2.75) is 51.4 Å². The molecule has 2 atom stereocenters. The topological polar surface area (TPSA) is 47.3 Å². The van der Waals surface area contributed by atoms with Crippen LogP contribution in [0.2, 0.25) is 0 Å². The molecule has 0 aliphatic carbocycles. The number of nitrogens with two attached hydrogens (primary N) is 1. The zero-order chi connectivity index (χ0) is 15.1. The van der Waals surface area contributed by atoms with Gasteiger partial charge in [-0.2, -0.15) is 0 Å². The molecule has 1 aliphatic heterocycles. The van der Waals surface area contributed by atoms with Crippen LogP contribution >= 0.6 is 38.5 Å². The SMILES string of the molecule is CC1(C)CC(C(NN)c2cc(Br)ccc2I)C(C)(C)O1. The van der Waals surface area contributed by atoms with E-state index in [4.69, 9.17) is 10.6 Å². The van der Waals surface area contributed by atoms with Crippen molar-refractivity contribution in [1.29, 1.82) is 0 Å². The van der Waals surface area contributed by atoms with Crippen molar-refractivity contribution in [3.63, 3.8) is 0 Å². The number of hydrazine groups is 1. The first-order chi connectivity index (χ1) is 9.16. The molecule has 2 rings (SSSR count). The van der Waals surface area contributed by atoms with Crippen LogP contribution in [0.15, 0.2) is 22.7 Å². The van der Waals surface area contributed by atoms with Gasteiger partial charge in [0.2, 0.25) is 0 Å². The summed E-state index contributed by atoms with van der Waals surface area (Å²) in [6, 6.07) is 6.39. The summed E-state index contributed by atoms with van der Waals surface area (Å²) in [5.41, 5.74) is 3.93. The molecule has 112 valence electrons. The van der Waals surface area contributed by atoms with Crippen LogP contribution in [0.25, 0.3) is 0 Å². The summed E-state index contributed by atoms with van der Waals surface area (Å²) in [7, 11) is 0. The molecule has 0 bridgehead atoms. The molecule has 1 fully saturated rings. The van der Waals surface area contributed by atoms with E-state index in [-0.39, 0.29) is 17.2 Å². The van der Waals surface area contributed by atoms with Gasteiger partial charge in [-0.05, 0) is 80.5 Å². The lowest BCUT2D eigenvalue weighted by atomic mass is 9.79. The molecule has 3 N–H and O–H groups in total. The van der Waals surface area contributed by atoms with Gasteiger partial charge in [0.05, 0.1) is 17.2 Å². The van der Waals surface area contributed by atoms with E-state index in [0.29, 0.717) is 5.92 Å². The van der Waals surface area contributed by atoms with E-state index in [0.717, 1.165) is 10.9 Å². The second-order valence-electron chi connectivity index (χ2n) is 6.59. The first-order valence-corrected chi connectivity index (χ1v) is 8.65. The first kappa shape index (κ1) is 16.7. The van der Waals surface area contributed by atoms with Gasteiger partial charge in [0, 0.05) is 14.0 Å². The van der Waals surface area contributed by atoms with Gasteiger partial charge in [0.25, 0.3) is 0 Å². The Kier molecular flexibility index (Phi) is 4.87. The predicted octanol–water partition coefficient (Wildman–Crippen LogP) is 4.15. The Bertz CT molecular complexity index is 505. The van der Waals surface area contributed by atoms with Crippen molar-refractivity contribution >= 4 is 38.5 Å². The Morgan fingerprint density at radius 3 is 2.55 bits per heavy atom. The van der Waals surface area contributed by atoms with Crippen molar-refractivity contribution in [3.05, 3.63) is 31.8 Å². The summed E-state index contributed by atoms with van der Waals surface area (Å²) in [5, 5.41) is 0. The van der Waals surface area contributed by atoms with Gasteiger partial charge in [-0.25, -0.2) is 0 Å². The summed E-state index contributed by atoms with van der Waals surface area (Å²) in [4.78, 5) is 0. The normalized spacial score (nSPS) is 25.6. The van der Waals surface area contributed by atoms with E-state index in [1.54, 1.807) is 0 Å². The molecule has 3 nitrogen and oxygen atoms in total. The molecule has 1 saturated heterocycles. The fraction of sp³-hybridized carbons (Fsp3) is 0.600. The summed E-state index contributed by atoms with van der Waals surface area (Å²) in [5.74, 6) is 6.21. The summed E-state index contributed by atoms with van der Waals surface area (Å²) in [6.45, 7) is 8.60. The minimum absolute atomic E-state index is 0.0798. The van der Waals surface area contributed by atoms with Gasteiger partial charge < -0.3 is 4.74 Å².